The second-order valence-corrected chi connectivity index (χ2v) is 8.04. The number of primary amides is 1. The highest BCUT2D eigenvalue weighted by atomic mass is 127. The molecule has 0 aliphatic heterocycles. The molecule has 0 radical (unpaired) electrons. The molecule has 0 aromatic heterocycles. The molecule has 0 aliphatic carbocycles. The van der Waals surface area contributed by atoms with Gasteiger partial charge in [-0.25, -0.2) is 4.39 Å². The molecule has 0 saturated heterocycles. The number of guanidine groups is 1. The standard InChI is InChI=1S/C23H31FN4O2.HI/c1-16(2)30-20-10-8-19(9-11-20)28-22(27-15-23(3,4)21(25)29)26-13-12-17-6-5-7-18(24)14-17;/h5-11,14,16H,12-13,15H2,1-4H3,(H2,25,29)(H2,26,27,28);1H. The van der Waals surface area contributed by atoms with Crippen LogP contribution in [0.2, 0.25) is 0 Å². The van der Waals surface area contributed by atoms with Gasteiger partial charge in [0, 0.05) is 12.2 Å². The van der Waals surface area contributed by atoms with E-state index in [2.05, 4.69) is 15.6 Å². The van der Waals surface area contributed by atoms with Crippen LogP contribution in [-0.2, 0) is 11.2 Å². The Bertz CT molecular complexity index is 870. The van der Waals surface area contributed by atoms with Crippen molar-refractivity contribution in [3.8, 4) is 5.75 Å². The topological polar surface area (TPSA) is 88.7 Å². The number of carbonyl (C=O) groups is 1. The zero-order valence-electron chi connectivity index (χ0n) is 18.4. The lowest BCUT2D eigenvalue weighted by Crippen LogP contribution is -2.37. The van der Waals surface area contributed by atoms with E-state index in [4.69, 9.17) is 10.5 Å². The first-order valence-electron chi connectivity index (χ1n) is 10.0. The van der Waals surface area contributed by atoms with Gasteiger partial charge in [0.1, 0.15) is 11.6 Å². The van der Waals surface area contributed by atoms with Crippen LogP contribution < -0.4 is 21.1 Å². The predicted octanol–water partition coefficient (Wildman–Crippen LogP) is 4.34. The molecule has 0 atom stereocenters. The van der Waals surface area contributed by atoms with Crippen molar-refractivity contribution in [3.63, 3.8) is 0 Å². The fourth-order valence-corrected chi connectivity index (χ4v) is 2.54. The van der Waals surface area contributed by atoms with Gasteiger partial charge in [0.05, 0.1) is 18.1 Å². The molecule has 0 aliphatic rings. The number of benzene rings is 2. The van der Waals surface area contributed by atoms with Crippen LogP contribution in [0.15, 0.2) is 53.5 Å². The predicted molar refractivity (Wildman–Crippen MR) is 135 cm³/mol. The highest BCUT2D eigenvalue weighted by Gasteiger charge is 2.24. The number of nitrogens with two attached hydrogens (primary N) is 1. The van der Waals surface area contributed by atoms with Crippen molar-refractivity contribution in [1.29, 1.82) is 0 Å². The number of hydrogen-bond acceptors (Lipinski definition) is 3. The summed E-state index contributed by atoms with van der Waals surface area (Å²) in [6, 6.07) is 14.0. The van der Waals surface area contributed by atoms with Crippen LogP contribution >= 0.6 is 24.0 Å². The maximum atomic E-state index is 13.4. The first kappa shape index (κ1) is 26.7. The fourth-order valence-electron chi connectivity index (χ4n) is 2.54. The largest absolute Gasteiger partial charge is 0.491 e. The van der Waals surface area contributed by atoms with E-state index in [1.807, 2.05) is 44.2 Å². The van der Waals surface area contributed by atoms with Crippen LogP contribution in [0.5, 0.6) is 5.75 Å². The minimum atomic E-state index is -0.772. The molecule has 0 spiro atoms. The Morgan fingerprint density at radius 3 is 2.45 bits per heavy atom. The summed E-state index contributed by atoms with van der Waals surface area (Å²) in [7, 11) is 0. The number of amides is 1. The van der Waals surface area contributed by atoms with Crippen molar-refractivity contribution >= 4 is 41.5 Å². The van der Waals surface area contributed by atoms with Crippen molar-refractivity contribution in [2.24, 2.45) is 16.1 Å². The van der Waals surface area contributed by atoms with E-state index in [9.17, 15) is 9.18 Å². The minimum Gasteiger partial charge on any atom is -0.491 e. The van der Waals surface area contributed by atoms with Crippen LogP contribution in [0, 0.1) is 11.2 Å². The second-order valence-electron chi connectivity index (χ2n) is 8.04. The summed E-state index contributed by atoms with van der Waals surface area (Å²) in [5.74, 6) is 0.619. The SMILES string of the molecule is CC(C)Oc1ccc(NC(=NCC(C)(C)C(N)=O)NCCc2cccc(F)c2)cc1.I. The number of nitrogens with one attached hydrogen (secondary N) is 2. The van der Waals surface area contributed by atoms with Crippen LogP contribution in [0.25, 0.3) is 0 Å². The summed E-state index contributed by atoms with van der Waals surface area (Å²) in [5.41, 5.74) is 6.39. The highest BCUT2D eigenvalue weighted by Crippen LogP contribution is 2.18. The molecule has 0 fully saturated rings. The number of rotatable bonds is 9. The van der Waals surface area contributed by atoms with Crippen LogP contribution in [0.1, 0.15) is 33.3 Å². The lowest BCUT2D eigenvalue weighted by molar-refractivity contribution is -0.125. The van der Waals surface area contributed by atoms with Gasteiger partial charge in [-0.05, 0) is 76.1 Å². The molecule has 8 heteroatoms. The zero-order valence-corrected chi connectivity index (χ0v) is 20.8. The number of anilines is 1. The molecule has 0 bridgehead atoms. The van der Waals surface area contributed by atoms with Gasteiger partial charge in [-0.3, -0.25) is 9.79 Å². The molecule has 4 N–H and O–H groups in total. The Hall–Kier alpha value is -2.36. The lowest BCUT2D eigenvalue weighted by Gasteiger charge is -2.19. The van der Waals surface area contributed by atoms with Crippen molar-refractivity contribution in [2.75, 3.05) is 18.4 Å². The third-order valence-electron chi connectivity index (χ3n) is 4.38. The molecule has 2 aromatic carbocycles. The van der Waals surface area contributed by atoms with E-state index in [0.29, 0.717) is 18.9 Å². The van der Waals surface area contributed by atoms with Gasteiger partial charge in [0.15, 0.2) is 5.96 Å². The van der Waals surface area contributed by atoms with Gasteiger partial charge in [-0.15, -0.1) is 24.0 Å². The summed E-state index contributed by atoms with van der Waals surface area (Å²) in [6.07, 6.45) is 0.722. The molecule has 170 valence electrons. The van der Waals surface area contributed by atoms with Gasteiger partial charge in [-0.2, -0.15) is 0 Å². The normalized spacial score (nSPS) is 11.6. The molecule has 2 aromatic rings. The van der Waals surface area contributed by atoms with Gasteiger partial charge in [-0.1, -0.05) is 12.1 Å². The van der Waals surface area contributed by atoms with Crippen LogP contribution in [0.4, 0.5) is 10.1 Å². The Morgan fingerprint density at radius 1 is 1.19 bits per heavy atom. The summed E-state index contributed by atoms with van der Waals surface area (Å²) in [6.45, 7) is 8.22. The average molecular weight is 542 g/mol. The van der Waals surface area contributed by atoms with Crippen molar-refractivity contribution in [1.82, 2.24) is 5.32 Å². The van der Waals surface area contributed by atoms with Crippen LogP contribution in [-0.4, -0.2) is 31.1 Å². The van der Waals surface area contributed by atoms with E-state index >= 15 is 0 Å². The van der Waals surface area contributed by atoms with E-state index in [1.165, 1.54) is 12.1 Å². The maximum absolute atomic E-state index is 13.4. The first-order chi connectivity index (χ1) is 14.2. The number of carbonyl (C=O) groups excluding carboxylic acids is 1. The first-order valence-corrected chi connectivity index (χ1v) is 10.0. The Balaban J connectivity index is 0.00000480. The van der Waals surface area contributed by atoms with Gasteiger partial charge in [0.25, 0.3) is 0 Å². The maximum Gasteiger partial charge on any atom is 0.224 e. The zero-order chi connectivity index (χ0) is 22.1. The quantitative estimate of drug-likeness (QED) is 0.250. The molecule has 0 heterocycles. The fraction of sp³-hybridized carbons (Fsp3) is 0.391. The highest BCUT2D eigenvalue weighted by molar-refractivity contribution is 14.0. The molecule has 6 nitrogen and oxygen atoms in total. The molecular formula is C23H32FIN4O2. The Kier molecular flexibility index (Phi) is 10.7. The molecule has 0 saturated carbocycles. The van der Waals surface area contributed by atoms with Crippen molar-refractivity contribution in [3.05, 3.63) is 59.9 Å². The number of halogens is 2. The Morgan fingerprint density at radius 2 is 1.87 bits per heavy atom. The number of aliphatic imine (C=N–C) groups is 1. The van der Waals surface area contributed by atoms with Gasteiger partial charge in [0.2, 0.25) is 5.91 Å². The number of hydrogen-bond donors (Lipinski definition) is 3. The molecule has 2 rings (SSSR count). The molecule has 1 amide bonds. The smallest absolute Gasteiger partial charge is 0.224 e. The lowest BCUT2D eigenvalue weighted by atomic mass is 9.93. The van der Waals surface area contributed by atoms with Crippen molar-refractivity contribution in [2.45, 2.75) is 40.2 Å². The Labute approximate surface area is 200 Å². The van der Waals surface area contributed by atoms with E-state index in [-0.39, 0.29) is 42.4 Å². The third kappa shape index (κ3) is 9.54. The summed E-state index contributed by atoms with van der Waals surface area (Å²) >= 11 is 0. The monoisotopic (exact) mass is 542 g/mol. The molecule has 0 unspecified atom stereocenters. The average Bonchev–Trinajstić information content (AvgIpc) is 2.67. The van der Waals surface area contributed by atoms with E-state index in [1.54, 1.807) is 19.9 Å². The van der Waals surface area contributed by atoms with Gasteiger partial charge >= 0.3 is 0 Å². The second kappa shape index (κ2) is 12.5. The van der Waals surface area contributed by atoms with Crippen LogP contribution in [0.3, 0.4) is 0 Å². The summed E-state index contributed by atoms with van der Waals surface area (Å²) < 4.78 is 19.0. The summed E-state index contributed by atoms with van der Waals surface area (Å²) in [4.78, 5) is 16.1. The number of ether oxygens (including phenoxy) is 1. The van der Waals surface area contributed by atoms with E-state index in [0.717, 1.165) is 17.0 Å². The summed E-state index contributed by atoms with van der Waals surface area (Å²) in [5, 5.41) is 6.45. The number of nitrogens with zero attached hydrogens (tertiary/aromatic N) is 1. The van der Waals surface area contributed by atoms with Crippen molar-refractivity contribution < 1.29 is 13.9 Å². The van der Waals surface area contributed by atoms with Gasteiger partial charge < -0.3 is 21.1 Å². The minimum absolute atomic E-state index is 0. The molecule has 31 heavy (non-hydrogen) atoms. The third-order valence-corrected chi connectivity index (χ3v) is 4.38. The van der Waals surface area contributed by atoms with E-state index < -0.39 is 11.3 Å². The molecular weight excluding hydrogens is 510 g/mol.